The van der Waals surface area contributed by atoms with Crippen LogP contribution in [0, 0.1) is 0 Å². The molecule has 1 atom stereocenters. The van der Waals surface area contributed by atoms with E-state index in [1.165, 1.54) is 12.8 Å². The molecule has 1 amide bonds. The average molecular weight is 275 g/mol. The Hall–Kier alpha value is -1.42. The molecule has 2 heterocycles. The maximum absolute atomic E-state index is 12.5. The Labute approximate surface area is 121 Å². The summed E-state index contributed by atoms with van der Waals surface area (Å²) in [7, 11) is 0. The van der Waals surface area contributed by atoms with E-state index in [9.17, 15) is 4.79 Å². The summed E-state index contributed by atoms with van der Waals surface area (Å²) in [5, 5.41) is 3.47. The van der Waals surface area contributed by atoms with E-state index in [2.05, 4.69) is 17.2 Å². The van der Waals surface area contributed by atoms with Gasteiger partial charge in [0.05, 0.1) is 6.42 Å². The van der Waals surface area contributed by atoms with Crippen LogP contribution in [0.3, 0.4) is 0 Å². The molecule has 1 fully saturated rings. The van der Waals surface area contributed by atoms with Gasteiger partial charge in [0.2, 0.25) is 5.91 Å². The number of rotatable bonds is 7. The number of pyridine rings is 1. The molecule has 110 valence electrons. The third-order valence-corrected chi connectivity index (χ3v) is 3.80. The van der Waals surface area contributed by atoms with Crippen LogP contribution in [-0.2, 0) is 11.2 Å². The van der Waals surface area contributed by atoms with Crippen LogP contribution in [0.25, 0.3) is 0 Å². The van der Waals surface area contributed by atoms with Gasteiger partial charge in [0, 0.05) is 31.0 Å². The van der Waals surface area contributed by atoms with Crippen molar-refractivity contribution in [2.24, 2.45) is 0 Å². The number of aromatic nitrogens is 1. The highest BCUT2D eigenvalue weighted by Crippen LogP contribution is 2.09. The minimum Gasteiger partial charge on any atom is -0.341 e. The summed E-state index contributed by atoms with van der Waals surface area (Å²) in [6.07, 6.45) is 6.75. The van der Waals surface area contributed by atoms with Crippen LogP contribution in [0.1, 0.15) is 38.3 Å². The van der Waals surface area contributed by atoms with Crippen molar-refractivity contribution in [3.05, 3.63) is 30.1 Å². The van der Waals surface area contributed by atoms with Crippen LogP contribution in [0.5, 0.6) is 0 Å². The second kappa shape index (κ2) is 8.00. The lowest BCUT2D eigenvalue weighted by molar-refractivity contribution is -0.131. The van der Waals surface area contributed by atoms with Gasteiger partial charge in [-0.15, -0.1) is 0 Å². The van der Waals surface area contributed by atoms with Crippen molar-refractivity contribution < 1.29 is 4.79 Å². The van der Waals surface area contributed by atoms with Gasteiger partial charge in [-0.3, -0.25) is 9.78 Å². The topological polar surface area (TPSA) is 45.2 Å². The SMILES string of the molecule is CCCCN(CC1CCCN1)C(=O)Cc1ccccn1. The molecule has 0 spiro atoms. The molecule has 1 saturated heterocycles. The Balaban J connectivity index is 1.91. The van der Waals surface area contributed by atoms with Gasteiger partial charge >= 0.3 is 0 Å². The molecule has 0 saturated carbocycles. The number of nitrogens with one attached hydrogen (secondary N) is 1. The van der Waals surface area contributed by atoms with Crippen LogP contribution in [0.15, 0.2) is 24.4 Å². The van der Waals surface area contributed by atoms with Crippen molar-refractivity contribution in [2.75, 3.05) is 19.6 Å². The second-order valence-electron chi connectivity index (χ2n) is 5.48. The van der Waals surface area contributed by atoms with E-state index in [-0.39, 0.29) is 5.91 Å². The van der Waals surface area contributed by atoms with Gasteiger partial charge in [0.1, 0.15) is 0 Å². The molecule has 1 aromatic rings. The molecule has 0 aliphatic carbocycles. The fourth-order valence-corrected chi connectivity index (χ4v) is 2.61. The maximum atomic E-state index is 12.5. The van der Waals surface area contributed by atoms with Crippen LogP contribution >= 0.6 is 0 Å². The highest BCUT2D eigenvalue weighted by atomic mass is 16.2. The van der Waals surface area contributed by atoms with E-state index in [0.29, 0.717) is 12.5 Å². The van der Waals surface area contributed by atoms with E-state index >= 15 is 0 Å². The number of hydrogen-bond donors (Lipinski definition) is 1. The lowest BCUT2D eigenvalue weighted by Gasteiger charge is -2.26. The van der Waals surface area contributed by atoms with Crippen LogP contribution in [-0.4, -0.2) is 41.5 Å². The van der Waals surface area contributed by atoms with Crippen molar-refractivity contribution in [1.29, 1.82) is 0 Å². The fraction of sp³-hybridized carbons (Fsp3) is 0.625. The van der Waals surface area contributed by atoms with Gasteiger partial charge in [-0.25, -0.2) is 0 Å². The molecule has 20 heavy (non-hydrogen) atoms. The molecular formula is C16H25N3O. The van der Waals surface area contributed by atoms with E-state index in [1.54, 1.807) is 6.20 Å². The molecule has 1 aliphatic heterocycles. The first kappa shape index (κ1) is 15.0. The van der Waals surface area contributed by atoms with Crippen molar-refractivity contribution in [3.8, 4) is 0 Å². The first-order valence-electron chi connectivity index (χ1n) is 7.70. The molecule has 4 nitrogen and oxygen atoms in total. The number of unbranched alkanes of at least 4 members (excludes halogenated alkanes) is 1. The van der Waals surface area contributed by atoms with Crippen molar-refractivity contribution in [1.82, 2.24) is 15.2 Å². The smallest absolute Gasteiger partial charge is 0.228 e. The third-order valence-electron chi connectivity index (χ3n) is 3.80. The first-order valence-corrected chi connectivity index (χ1v) is 7.70. The zero-order chi connectivity index (χ0) is 14.2. The summed E-state index contributed by atoms with van der Waals surface area (Å²) in [4.78, 5) is 18.7. The summed E-state index contributed by atoms with van der Waals surface area (Å²) in [5.41, 5.74) is 0.860. The molecular weight excluding hydrogens is 250 g/mol. The van der Waals surface area contributed by atoms with E-state index in [4.69, 9.17) is 0 Å². The molecule has 0 radical (unpaired) electrons. The van der Waals surface area contributed by atoms with Crippen LogP contribution < -0.4 is 5.32 Å². The Kier molecular flexibility index (Phi) is 5.99. The van der Waals surface area contributed by atoms with E-state index in [1.807, 2.05) is 23.1 Å². The molecule has 1 aliphatic rings. The fourth-order valence-electron chi connectivity index (χ4n) is 2.61. The number of amides is 1. The van der Waals surface area contributed by atoms with Gasteiger partial charge in [-0.1, -0.05) is 19.4 Å². The number of carbonyl (C=O) groups is 1. The van der Waals surface area contributed by atoms with E-state index < -0.39 is 0 Å². The van der Waals surface area contributed by atoms with Gasteiger partial charge in [0.25, 0.3) is 0 Å². The summed E-state index contributed by atoms with van der Waals surface area (Å²) >= 11 is 0. The van der Waals surface area contributed by atoms with Crippen molar-refractivity contribution in [2.45, 2.75) is 45.1 Å². The highest BCUT2D eigenvalue weighted by Gasteiger charge is 2.21. The van der Waals surface area contributed by atoms with Crippen molar-refractivity contribution in [3.63, 3.8) is 0 Å². The summed E-state index contributed by atoms with van der Waals surface area (Å²) in [5.74, 6) is 0.200. The Bertz CT molecular complexity index is 401. The largest absolute Gasteiger partial charge is 0.341 e. The van der Waals surface area contributed by atoms with Gasteiger partial charge in [-0.05, 0) is 37.9 Å². The molecule has 1 N–H and O–H groups in total. The minimum atomic E-state index is 0.200. The Morgan fingerprint density at radius 2 is 2.40 bits per heavy atom. The number of nitrogens with zero attached hydrogens (tertiary/aromatic N) is 2. The molecule has 0 aromatic carbocycles. The Morgan fingerprint density at radius 3 is 3.05 bits per heavy atom. The van der Waals surface area contributed by atoms with Crippen LogP contribution in [0.4, 0.5) is 0 Å². The normalized spacial score (nSPS) is 18.1. The maximum Gasteiger partial charge on any atom is 0.228 e. The van der Waals surface area contributed by atoms with Gasteiger partial charge < -0.3 is 10.2 Å². The van der Waals surface area contributed by atoms with Crippen LogP contribution in [0.2, 0.25) is 0 Å². The molecule has 0 bridgehead atoms. The Morgan fingerprint density at radius 1 is 1.50 bits per heavy atom. The summed E-state index contributed by atoms with van der Waals surface area (Å²) < 4.78 is 0. The highest BCUT2D eigenvalue weighted by molar-refractivity contribution is 5.78. The van der Waals surface area contributed by atoms with Gasteiger partial charge in [-0.2, -0.15) is 0 Å². The lowest BCUT2D eigenvalue weighted by atomic mass is 10.1. The summed E-state index contributed by atoms with van der Waals surface area (Å²) in [6.45, 7) is 4.95. The molecule has 1 aromatic heterocycles. The average Bonchev–Trinajstić information content (AvgIpc) is 2.97. The predicted molar refractivity (Wildman–Crippen MR) is 80.5 cm³/mol. The van der Waals surface area contributed by atoms with Crippen molar-refractivity contribution >= 4 is 5.91 Å². The number of hydrogen-bond acceptors (Lipinski definition) is 3. The first-order chi connectivity index (χ1) is 9.79. The standard InChI is InChI=1S/C16H25N3O/c1-2-3-11-19(13-15-8-6-10-18-15)16(20)12-14-7-4-5-9-17-14/h4-5,7,9,15,18H,2-3,6,8,10-13H2,1H3. The zero-order valence-corrected chi connectivity index (χ0v) is 12.3. The predicted octanol–water partition coefficient (Wildman–Crippen LogP) is 2.00. The monoisotopic (exact) mass is 275 g/mol. The third kappa shape index (κ3) is 4.60. The lowest BCUT2D eigenvalue weighted by Crippen LogP contribution is -2.42. The minimum absolute atomic E-state index is 0.200. The summed E-state index contributed by atoms with van der Waals surface area (Å²) in [6, 6.07) is 6.21. The molecule has 1 unspecified atom stereocenters. The molecule has 4 heteroatoms. The zero-order valence-electron chi connectivity index (χ0n) is 12.3. The quantitative estimate of drug-likeness (QED) is 0.828. The van der Waals surface area contributed by atoms with Gasteiger partial charge in [0.15, 0.2) is 0 Å². The second-order valence-corrected chi connectivity index (χ2v) is 5.48. The van der Waals surface area contributed by atoms with E-state index in [0.717, 1.165) is 38.2 Å². The molecule has 2 rings (SSSR count). The number of carbonyl (C=O) groups excluding carboxylic acids is 1.